The third kappa shape index (κ3) is 3.71. The normalized spacial score (nSPS) is 12.9. The first kappa shape index (κ1) is 21.7. The Morgan fingerprint density at radius 3 is 2.19 bits per heavy atom. The van der Waals surface area contributed by atoms with Gasteiger partial charge in [0.15, 0.2) is 11.5 Å². The predicted octanol–water partition coefficient (Wildman–Crippen LogP) is 4.70. The maximum atomic E-state index is 14.3. The number of nitrogens with zero attached hydrogens (tertiary/aromatic N) is 3. The third-order valence-corrected chi connectivity index (χ3v) is 6.44. The molecule has 146 valence electrons. The van der Waals surface area contributed by atoms with Crippen LogP contribution >= 0.6 is 34.8 Å². The van der Waals surface area contributed by atoms with Crippen LogP contribution in [0.2, 0.25) is 5.02 Å². The van der Waals surface area contributed by atoms with E-state index in [1.54, 1.807) is 0 Å². The fourth-order valence-corrected chi connectivity index (χ4v) is 3.95. The number of rotatable bonds is 3. The number of alkyl halides is 6. The summed E-state index contributed by atoms with van der Waals surface area (Å²) in [6, 6.07) is 1.82. The summed E-state index contributed by atoms with van der Waals surface area (Å²) < 4.78 is 87.0. The summed E-state index contributed by atoms with van der Waals surface area (Å²) in [6.07, 6.45) is -4.90. The topological polar surface area (TPSA) is 75.8 Å². The molecule has 5 nitrogen and oxygen atoms in total. The van der Waals surface area contributed by atoms with Crippen molar-refractivity contribution in [2.75, 3.05) is 0 Å². The molecule has 0 aliphatic heterocycles. The number of hydrogen-bond donors (Lipinski definition) is 0. The molecule has 0 spiro atoms. The van der Waals surface area contributed by atoms with Crippen molar-refractivity contribution < 1.29 is 30.4 Å². The first-order chi connectivity index (χ1) is 12.1. The van der Waals surface area contributed by atoms with E-state index >= 15 is 0 Å². The van der Waals surface area contributed by atoms with E-state index in [9.17, 15) is 30.4 Å². The average molecular weight is 469 g/mol. The van der Waals surface area contributed by atoms with E-state index in [4.69, 9.17) is 40.1 Å². The molecule has 2 rings (SSSR count). The van der Waals surface area contributed by atoms with Gasteiger partial charge in [-0.2, -0.15) is 27.9 Å². The second kappa shape index (κ2) is 6.77. The number of benzene rings is 1. The largest absolute Gasteiger partial charge is 0.416 e. The lowest BCUT2D eigenvalue weighted by Crippen LogP contribution is -2.22. The van der Waals surface area contributed by atoms with Crippen LogP contribution in [0.5, 0.6) is 0 Å². The van der Waals surface area contributed by atoms with Gasteiger partial charge in [-0.3, -0.25) is 0 Å². The number of halogens is 8. The molecule has 27 heavy (non-hydrogen) atoms. The van der Waals surface area contributed by atoms with Crippen molar-refractivity contribution in [2.45, 2.75) is 21.9 Å². The molecule has 0 saturated heterocycles. The Hall–Kier alpha value is -1.61. The van der Waals surface area contributed by atoms with Crippen molar-refractivity contribution in [1.29, 1.82) is 5.26 Å². The van der Waals surface area contributed by atoms with Crippen molar-refractivity contribution in [3.05, 3.63) is 39.9 Å². The van der Waals surface area contributed by atoms with E-state index in [0.717, 1.165) is 6.92 Å². The number of nitriles is 1. The maximum Gasteiger partial charge on any atom is 0.416 e. The Kier molecular flexibility index (Phi) is 5.44. The Morgan fingerprint density at radius 2 is 1.78 bits per heavy atom. The lowest BCUT2D eigenvalue weighted by atomic mass is 10.2. The van der Waals surface area contributed by atoms with Crippen molar-refractivity contribution in [3.8, 4) is 11.8 Å². The van der Waals surface area contributed by atoms with Crippen LogP contribution < -0.4 is 0 Å². The van der Waals surface area contributed by atoms with E-state index in [1.807, 2.05) is 0 Å². The summed E-state index contributed by atoms with van der Waals surface area (Å²) in [6.45, 7) is 0.980. The second-order valence-corrected chi connectivity index (χ2v) is 9.09. The van der Waals surface area contributed by atoms with E-state index < -0.39 is 58.3 Å². The molecular weight excluding hydrogens is 464 g/mol. The zero-order valence-corrected chi connectivity index (χ0v) is 15.8. The van der Waals surface area contributed by atoms with Crippen LogP contribution in [0.4, 0.5) is 22.0 Å². The molecule has 1 aromatic carbocycles. The lowest BCUT2D eigenvalue weighted by Gasteiger charge is -2.13. The summed E-state index contributed by atoms with van der Waals surface area (Å²) in [5, 5.41) is 11.7. The molecule has 0 saturated carbocycles. The molecule has 0 aliphatic rings. The smallest absolute Gasteiger partial charge is 0.231 e. The minimum atomic E-state index is -5.18. The highest BCUT2D eigenvalue weighted by atomic mass is 35.5. The SMILES string of the molecule is Cc1c(S(=O)(=O)C(F)(Cl)Cl)c(C#N)nn1-c1c(F)cc(C(F)(F)F)cc1Cl. The van der Waals surface area contributed by atoms with E-state index in [2.05, 4.69) is 5.10 Å². The minimum Gasteiger partial charge on any atom is -0.231 e. The first-order valence-corrected chi connectivity index (χ1v) is 9.12. The van der Waals surface area contributed by atoms with E-state index in [0.29, 0.717) is 10.7 Å². The van der Waals surface area contributed by atoms with Crippen LogP contribution in [0.1, 0.15) is 17.0 Å². The Morgan fingerprint density at radius 1 is 1.22 bits per heavy atom. The summed E-state index contributed by atoms with van der Waals surface area (Å²) in [7, 11) is -5.18. The van der Waals surface area contributed by atoms with Gasteiger partial charge in [-0.25, -0.2) is 17.5 Å². The van der Waals surface area contributed by atoms with Crippen molar-refractivity contribution in [3.63, 3.8) is 0 Å². The molecule has 1 heterocycles. The second-order valence-electron chi connectivity index (χ2n) is 5.02. The molecular formula is C13H5Cl3F5N3O2S. The zero-order chi connectivity index (χ0) is 20.9. The lowest BCUT2D eigenvalue weighted by molar-refractivity contribution is -0.137. The van der Waals surface area contributed by atoms with Gasteiger partial charge < -0.3 is 0 Å². The Labute approximate surface area is 163 Å². The van der Waals surface area contributed by atoms with Crippen LogP contribution in [-0.2, 0) is 16.0 Å². The van der Waals surface area contributed by atoms with Crippen LogP contribution in [0.25, 0.3) is 5.69 Å². The third-order valence-electron chi connectivity index (χ3n) is 3.30. The van der Waals surface area contributed by atoms with Crippen molar-refractivity contribution >= 4 is 44.6 Å². The van der Waals surface area contributed by atoms with Gasteiger partial charge in [-0.1, -0.05) is 11.6 Å². The van der Waals surface area contributed by atoms with Gasteiger partial charge in [0, 0.05) is 0 Å². The van der Waals surface area contributed by atoms with E-state index in [-0.39, 0.29) is 6.07 Å². The molecule has 0 aliphatic carbocycles. The molecule has 0 fully saturated rings. The fourth-order valence-electron chi connectivity index (χ4n) is 2.15. The van der Waals surface area contributed by atoms with Gasteiger partial charge in [-0.15, -0.1) is 0 Å². The van der Waals surface area contributed by atoms with Crippen LogP contribution in [0, 0.1) is 24.1 Å². The highest BCUT2D eigenvalue weighted by molar-refractivity contribution is 7.95. The number of sulfone groups is 1. The van der Waals surface area contributed by atoms with Gasteiger partial charge in [0.2, 0.25) is 9.84 Å². The van der Waals surface area contributed by atoms with Crippen molar-refractivity contribution in [2.24, 2.45) is 0 Å². The van der Waals surface area contributed by atoms with Crippen LogP contribution in [0.3, 0.4) is 0 Å². The summed E-state index contributed by atoms with van der Waals surface area (Å²) in [5.74, 6) is -1.52. The van der Waals surface area contributed by atoms with E-state index in [1.165, 1.54) is 6.07 Å². The summed E-state index contributed by atoms with van der Waals surface area (Å²) in [4.78, 5) is -1.06. The Balaban J connectivity index is 2.83. The molecule has 0 bridgehead atoms. The molecule has 0 amide bonds. The van der Waals surface area contributed by atoms with Gasteiger partial charge in [-0.05, 0) is 42.3 Å². The zero-order valence-electron chi connectivity index (χ0n) is 12.7. The van der Waals surface area contributed by atoms with Crippen LogP contribution in [0.15, 0.2) is 17.0 Å². The molecule has 14 heteroatoms. The quantitative estimate of drug-likeness (QED) is 0.484. The molecule has 0 radical (unpaired) electrons. The molecule has 0 N–H and O–H groups in total. The van der Waals surface area contributed by atoms with Crippen LogP contribution in [-0.4, -0.2) is 22.1 Å². The maximum absolute atomic E-state index is 14.3. The Bertz CT molecular complexity index is 1050. The fraction of sp³-hybridized carbons (Fsp3) is 0.231. The van der Waals surface area contributed by atoms with Gasteiger partial charge in [0.1, 0.15) is 16.7 Å². The summed E-state index contributed by atoms with van der Waals surface area (Å²) in [5.41, 5.74) is -3.65. The summed E-state index contributed by atoms with van der Waals surface area (Å²) >= 11 is 15.7. The molecule has 0 unspecified atom stereocenters. The highest BCUT2D eigenvalue weighted by Crippen LogP contribution is 2.40. The van der Waals surface area contributed by atoms with Gasteiger partial charge >= 0.3 is 10.1 Å². The first-order valence-electron chi connectivity index (χ1n) is 6.50. The highest BCUT2D eigenvalue weighted by Gasteiger charge is 2.46. The standard InChI is InChI=1S/C13H5Cl3F5N3O2S/c1-5-11(27(25,26)13(15,16)21)9(4-22)23-24(5)10-7(14)2-6(3-8(10)17)12(18,19)20/h2-3H,1H3. The molecule has 0 atom stereocenters. The van der Waals surface area contributed by atoms with Gasteiger partial charge in [0.05, 0.1) is 16.3 Å². The predicted molar refractivity (Wildman–Crippen MR) is 85.7 cm³/mol. The number of hydrogen-bond acceptors (Lipinski definition) is 4. The van der Waals surface area contributed by atoms with Gasteiger partial charge in [0.25, 0.3) is 0 Å². The van der Waals surface area contributed by atoms with Crippen molar-refractivity contribution in [1.82, 2.24) is 9.78 Å². The molecule has 1 aromatic heterocycles. The molecule has 2 aromatic rings. The monoisotopic (exact) mass is 467 g/mol. The number of aromatic nitrogens is 2. The average Bonchev–Trinajstić information content (AvgIpc) is 2.81. The minimum absolute atomic E-state index is 0.102.